The van der Waals surface area contributed by atoms with Crippen LogP contribution in [0.5, 0.6) is 5.75 Å². The van der Waals surface area contributed by atoms with Crippen LogP contribution in [-0.4, -0.2) is 22.5 Å². The predicted octanol–water partition coefficient (Wildman–Crippen LogP) is 5.86. The molecule has 0 aliphatic rings. The molecule has 5 rings (SSSR count). The van der Waals surface area contributed by atoms with Crippen LogP contribution >= 0.6 is 22.7 Å². The zero-order chi connectivity index (χ0) is 20.5. The summed E-state index contributed by atoms with van der Waals surface area (Å²) in [7, 11) is 0. The minimum absolute atomic E-state index is 0.0911. The number of hydrogen-bond donors (Lipinski definition) is 2. The maximum atomic E-state index is 12.6. The fraction of sp³-hybridized carbons (Fsp3) is 0.0833. The first kappa shape index (κ1) is 18.8. The topological polar surface area (TPSA) is 62.2 Å². The number of phenols is 1. The fourth-order valence-corrected chi connectivity index (χ4v) is 5.46. The molecule has 30 heavy (non-hydrogen) atoms. The lowest BCUT2D eigenvalue weighted by Gasteiger charge is -2.05. The Balaban J connectivity index is 1.33. The van der Waals surface area contributed by atoms with Crippen molar-refractivity contribution >= 4 is 48.9 Å². The second-order valence-corrected chi connectivity index (χ2v) is 8.96. The third-order valence-corrected chi connectivity index (χ3v) is 7.01. The third-order valence-electron chi connectivity index (χ3n) is 5.00. The molecule has 0 saturated heterocycles. The normalized spacial score (nSPS) is 11.2. The van der Waals surface area contributed by atoms with Gasteiger partial charge in [0.05, 0.1) is 10.2 Å². The van der Waals surface area contributed by atoms with E-state index in [1.54, 1.807) is 34.8 Å². The van der Waals surface area contributed by atoms with Crippen LogP contribution < -0.4 is 5.32 Å². The summed E-state index contributed by atoms with van der Waals surface area (Å²) in [5, 5.41) is 16.7. The van der Waals surface area contributed by atoms with Crippen molar-refractivity contribution in [3.63, 3.8) is 0 Å². The molecule has 0 aliphatic heterocycles. The van der Waals surface area contributed by atoms with Gasteiger partial charge in [0.2, 0.25) is 0 Å². The minimum atomic E-state index is -0.0911. The summed E-state index contributed by atoms with van der Waals surface area (Å²) in [5.41, 5.74) is 3.76. The van der Waals surface area contributed by atoms with E-state index < -0.39 is 0 Å². The smallest absolute Gasteiger partial charge is 0.251 e. The van der Waals surface area contributed by atoms with Gasteiger partial charge in [-0.25, -0.2) is 4.98 Å². The number of benzene rings is 3. The number of thiazole rings is 1. The van der Waals surface area contributed by atoms with Crippen molar-refractivity contribution in [1.29, 1.82) is 0 Å². The fourth-order valence-electron chi connectivity index (χ4n) is 3.41. The van der Waals surface area contributed by atoms with E-state index in [1.807, 2.05) is 42.5 Å². The lowest BCUT2D eigenvalue weighted by atomic mass is 10.1. The van der Waals surface area contributed by atoms with E-state index in [1.165, 1.54) is 10.1 Å². The van der Waals surface area contributed by atoms with Gasteiger partial charge in [0, 0.05) is 33.1 Å². The molecule has 4 nitrogen and oxygen atoms in total. The summed E-state index contributed by atoms with van der Waals surface area (Å²) in [6, 6.07) is 21.0. The number of rotatable bonds is 5. The molecule has 0 radical (unpaired) electrons. The zero-order valence-corrected chi connectivity index (χ0v) is 17.6. The molecule has 0 unspecified atom stereocenters. The van der Waals surface area contributed by atoms with Crippen LogP contribution in [0.3, 0.4) is 0 Å². The van der Waals surface area contributed by atoms with Crippen LogP contribution in [-0.2, 0) is 6.42 Å². The molecular weight excluding hydrogens is 412 g/mol. The van der Waals surface area contributed by atoms with E-state index >= 15 is 0 Å². The maximum absolute atomic E-state index is 12.6. The highest BCUT2D eigenvalue weighted by Gasteiger charge is 2.13. The number of carbonyl (C=O) groups excluding carboxylic acids is 1. The molecule has 2 heterocycles. The molecule has 3 aromatic carbocycles. The standard InChI is InChI=1S/C24H18N2O2S2/c27-17-8-5-15(6-9-17)11-12-25-23(28)16-7-10-20-22(13-16)30-24(26-20)19-14-29-21-4-2-1-3-18(19)21/h1-10,13-14,27H,11-12H2,(H,25,28). The molecule has 0 spiro atoms. The van der Waals surface area contributed by atoms with Crippen LogP contribution in [0.4, 0.5) is 0 Å². The van der Waals surface area contributed by atoms with Crippen LogP contribution in [0.15, 0.2) is 72.1 Å². The number of nitrogens with one attached hydrogen (secondary N) is 1. The number of hydrogen-bond acceptors (Lipinski definition) is 5. The number of carbonyl (C=O) groups is 1. The summed E-state index contributed by atoms with van der Waals surface area (Å²) >= 11 is 3.34. The number of aromatic nitrogens is 1. The van der Waals surface area contributed by atoms with Crippen molar-refractivity contribution in [3.05, 3.63) is 83.2 Å². The third kappa shape index (κ3) is 3.67. The Bertz CT molecular complexity index is 1350. The Morgan fingerprint density at radius 2 is 1.83 bits per heavy atom. The Hall–Kier alpha value is -3.22. The number of nitrogens with zero attached hydrogens (tertiary/aromatic N) is 1. The van der Waals surface area contributed by atoms with Crippen LogP contribution in [0, 0.1) is 0 Å². The molecule has 6 heteroatoms. The summed E-state index contributed by atoms with van der Waals surface area (Å²) < 4.78 is 2.26. The summed E-state index contributed by atoms with van der Waals surface area (Å²) in [6.07, 6.45) is 0.713. The van der Waals surface area contributed by atoms with Gasteiger partial charge in [-0.05, 0) is 48.4 Å². The Morgan fingerprint density at radius 1 is 1.00 bits per heavy atom. The van der Waals surface area contributed by atoms with Crippen LogP contribution in [0.1, 0.15) is 15.9 Å². The highest BCUT2D eigenvalue weighted by molar-refractivity contribution is 7.22. The summed E-state index contributed by atoms with van der Waals surface area (Å²) in [4.78, 5) is 17.4. The minimum Gasteiger partial charge on any atom is -0.508 e. The van der Waals surface area contributed by atoms with Crippen LogP contribution in [0.25, 0.3) is 30.9 Å². The number of thiophene rings is 1. The van der Waals surface area contributed by atoms with E-state index in [-0.39, 0.29) is 11.7 Å². The quantitative estimate of drug-likeness (QED) is 0.367. The van der Waals surface area contributed by atoms with Crippen LogP contribution in [0.2, 0.25) is 0 Å². The lowest BCUT2D eigenvalue weighted by Crippen LogP contribution is -2.25. The second-order valence-electron chi connectivity index (χ2n) is 7.02. The van der Waals surface area contributed by atoms with Crippen molar-refractivity contribution in [2.75, 3.05) is 6.54 Å². The predicted molar refractivity (Wildman–Crippen MR) is 125 cm³/mol. The van der Waals surface area contributed by atoms with Gasteiger partial charge < -0.3 is 10.4 Å². The highest BCUT2D eigenvalue weighted by Crippen LogP contribution is 2.38. The molecular formula is C24H18N2O2S2. The van der Waals surface area contributed by atoms with E-state index in [9.17, 15) is 9.90 Å². The van der Waals surface area contributed by atoms with Gasteiger partial charge in [-0.2, -0.15) is 0 Å². The van der Waals surface area contributed by atoms with Gasteiger partial charge >= 0.3 is 0 Å². The van der Waals surface area contributed by atoms with Gasteiger partial charge in [-0.1, -0.05) is 30.3 Å². The van der Waals surface area contributed by atoms with Gasteiger partial charge in [-0.3, -0.25) is 4.79 Å². The van der Waals surface area contributed by atoms with Gasteiger partial charge in [-0.15, -0.1) is 22.7 Å². The molecule has 2 aromatic heterocycles. The second kappa shape index (κ2) is 7.89. The number of amides is 1. The molecule has 0 atom stereocenters. The first-order chi connectivity index (χ1) is 14.7. The van der Waals surface area contributed by atoms with E-state index in [2.05, 4.69) is 22.8 Å². The van der Waals surface area contributed by atoms with Crippen molar-refractivity contribution < 1.29 is 9.90 Å². The Morgan fingerprint density at radius 3 is 2.70 bits per heavy atom. The lowest BCUT2D eigenvalue weighted by molar-refractivity contribution is 0.0954. The molecule has 0 fully saturated rings. The van der Waals surface area contributed by atoms with E-state index in [0.29, 0.717) is 18.5 Å². The monoisotopic (exact) mass is 430 g/mol. The summed E-state index contributed by atoms with van der Waals surface area (Å²) in [5.74, 6) is 0.155. The Labute approximate surface area is 181 Å². The number of aromatic hydroxyl groups is 1. The summed E-state index contributed by atoms with van der Waals surface area (Å²) in [6.45, 7) is 0.538. The first-order valence-corrected chi connectivity index (χ1v) is 11.3. The molecule has 0 aliphatic carbocycles. The van der Waals surface area contributed by atoms with E-state index in [4.69, 9.17) is 4.98 Å². The molecule has 148 valence electrons. The SMILES string of the molecule is O=C(NCCc1ccc(O)cc1)c1ccc2nc(-c3csc4ccccc34)sc2c1. The molecule has 0 bridgehead atoms. The maximum Gasteiger partial charge on any atom is 0.251 e. The van der Waals surface area contributed by atoms with Crippen molar-refractivity contribution in [2.24, 2.45) is 0 Å². The number of fused-ring (bicyclic) bond motifs is 2. The van der Waals surface area contributed by atoms with Gasteiger partial charge in [0.1, 0.15) is 10.8 Å². The van der Waals surface area contributed by atoms with Crippen molar-refractivity contribution in [3.8, 4) is 16.3 Å². The van der Waals surface area contributed by atoms with Gasteiger partial charge in [0.25, 0.3) is 5.91 Å². The molecule has 0 saturated carbocycles. The average molecular weight is 431 g/mol. The Kier molecular flexibility index (Phi) is 4.94. The molecule has 2 N–H and O–H groups in total. The average Bonchev–Trinajstić information content (AvgIpc) is 3.38. The van der Waals surface area contributed by atoms with E-state index in [0.717, 1.165) is 26.4 Å². The zero-order valence-electron chi connectivity index (χ0n) is 16.0. The van der Waals surface area contributed by atoms with Crippen molar-refractivity contribution in [1.82, 2.24) is 10.3 Å². The number of phenolic OH excluding ortho intramolecular Hbond substituents is 1. The largest absolute Gasteiger partial charge is 0.508 e. The highest BCUT2D eigenvalue weighted by atomic mass is 32.1. The van der Waals surface area contributed by atoms with Gasteiger partial charge in [0.15, 0.2) is 0 Å². The molecule has 5 aromatic rings. The molecule has 1 amide bonds. The first-order valence-electron chi connectivity index (χ1n) is 9.61. The van der Waals surface area contributed by atoms with Crippen molar-refractivity contribution in [2.45, 2.75) is 6.42 Å².